The average Bonchev–Trinajstić information content (AvgIpc) is 3.25. The minimum Gasteiger partial charge on any atom is -0.448 e. The predicted octanol–water partition coefficient (Wildman–Crippen LogP) is 1.63. The van der Waals surface area contributed by atoms with Gasteiger partial charge in [-0.1, -0.05) is 12.8 Å². The molecule has 2 heterocycles. The lowest BCUT2D eigenvalue weighted by atomic mass is 10.0. The van der Waals surface area contributed by atoms with Gasteiger partial charge in [-0.05, 0) is 39.7 Å². The molecule has 0 bridgehead atoms. The monoisotopic (exact) mass is 369 g/mol. The number of carbonyl (C=O) groups is 1. The van der Waals surface area contributed by atoms with Crippen LogP contribution in [0.4, 0.5) is 0 Å². The van der Waals surface area contributed by atoms with Crippen molar-refractivity contribution in [2.24, 2.45) is 0 Å². The van der Waals surface area contributed by atoms with Crippen molar-refractivity contribution < 1.29 is 17.6 Å². The van der Waals surface area contributed by atoms with Crippen LogP contribution in [0.2, 0.25) is 0 Å². The van der Waals surface area contributed by atoms with Crippen LogP contribution < -0.4 is 10.0 Å². The normalized spacial score (nSPS) is 20.9. The lowest BCUT2D eigenvalue weighted by Crippen LogP contribution is -2.47. The third-order valence-corrected chi connectivity index (χ3v) is 6.65. The first-order valence-corrected chi connectivity index (χ1v) is 10.5. The fraction of sp³-hybridized carbons (Fsp3) is 0.706. The number of hydrogen-bond acceptors (Lipinski definition) is 5. The molecule has 1 saturated carbocycles. The molecule has 1 aromatic rings. The van der Waals surface area contributed by atoms with Gasteiger partial charge in [0, 0.05) is 31.2 Å². The van der Waals surface area contributed by atoms with Crippen LogP contribution >= 0.6 is 0 Å². The Morgan fingerprint density at radius 2 is 1.84 bits per heavy atom. The summed E-state index contributed by atoms with van der Waals surface area (Å²) in [6, 6.07) is 2.15. The third kappa shape index (κ3) is 4.07. The van der Waals surface area contributed by atoms with Crippen LogP contribution in [-0.2, 0) is 10.0 Å². The molecule has 7 nitrogen and oxygen atoms in total. The van der Waals surface area contributed by atoms with E-state index in [0.29, 0.717) is 5.76 Å². The summed E-state index contributed by atoms with van der Waals surface area (Å²) in [6.45, 7) is 3.63. The minimum absolute atomic E-state index is 0.129. The number of sulfonamides is 1. The van der Waals surface area contributed by atoms with Crippen LogP contribution in [0.15, 0.2) is 15.6 Å². The van der Waals surface area contributed by atoms with Gasteiger partial charge in [0.1, 0.15) is 5.76 Å². The van der Waals surface area contributed by atoms with Gasteiger partial charge in [-0.3, -0.25) is 4.79 Å². The highest BCUT2D eigenvalue weighted by Gasteiger charge is 2.29. The molecule has 1 saturated heterocycles. The molecular weight excluding hydrogens is 342 g/mol. The summed E-state index contributed by atoms with van der Waals surface area (Å²) in [4.78, 5) is 15.1. The van der Waals surface area contributed by atoms with E-state index in [0.717, 1.165) is 32.0 Å². The van der Waals surface area contributed by atoms with Gasteiger partial charge < -0.3 is 14.6 Å². The van der Waals surface area contributed by atoms with E-state index in [9.17, 15) is 13.2 Å². The van der Waals surface area contributed by atoms with E-state index >= 15 is 0 Å². The first kappa shape index (κ1) is 18.4. The van der Waals surface area contributed by atoms with Gasteiger partial charge >= 0.3 is 0 Å². The number of carbonyl (C=O) groups excluding carboxylic acids is 1. The summed E-state index contributed by atoms with van der Waals surface area (Å²) in [5.41, 5.74) is 0.284. The maximum Gasteiger partial charge on any atom is 0.273 e. The van der Waals surface area contributed by atoms with Gasteiger partial charge in [0.15, 0.2) is 0 Å². The molecule has 1 aromatic heterocycles. The fourth-order valence-corrected chi connectivity index (χ4v) is 4.56. The smallest absolute Gasteiger partial charge is 0.273 e. The summed E-state index contributed by atoms with van der Waals surface area (Å²) in [7, 11) is -2.38. The second kappa shape index (κ2) is 7.47. The van der Waals surface area contributed by atoms with E-state index in [1.807, 2.05) is 0 Å². The average molecular weight is 369 g/mol. The Hall–Kier alpha value is -1.38. The van der Waals surface area contributed by atoms with Crippen LogP contribution in [0, 0.1) is 6.92 Å². The van der Waals surface area contributed by atoms with Crippen molar-refractivity contribution in [2.45, 2.75) is 62.6 Å². The van der Waals surface area contributed by atoms with E-state index in [-0.39, 0.29) is 22.6 Å². The molecule has 25 heavy (non-hydrogen) atoms. The van der Waals surface area contributed by atoms with Gasteiger partial charge in [0.25, 0.3) is 15.9 Å². The summed E-state index contributed by atoms with van der Waals surface area (Å²) in [5.74, 6) is 0.0489. The molecular formula is C17H27N3O4S. The zero-order chi connectivity index (χ0) is 18.0. The Morgan fingerprint density at radius 3 is 2.44 bits per heavy atom. The highest BCUT2D eigenvalue weighted by Crippen LogP contribution is 2.26. The van der Waals surface area contributed by atoms with Crippen LogP contribution in [0.5, 0.6) is 0 Å². The lowest BCUT2D eigenvalue weighted by molar-refractivity contribution is 0.0891. The van der Waals surface area contributed by atoms with Crippen molar-refractivity contribution in [1.29, 1.82) is 0 Å². The molecule has 2 N–H and O–H groups in total. The van der Waals surface area contributed by atoms with Gasteiger partial charge in [-0.2, -0.15) is 0 Å². The molecule has 0 aromatic carbocycles. The molecule has 1 amide bonds. The number of furan rings is 1. The van der Waals surface area contributed by atoms with Crippen LogP contribution in [0.1, 0.15) is 54.6 Å². The molecule has 0 spiro atoms. The molecule has 0 unspecified atom stereocenters. The minimum atomic E-state index is -3.69. The largest absolute Gasteiger partial charge is 0.448 e. The first-order chi connectivity index (χ1) is 11.9. The highest BCUT2D eigenvalue weighted by molar-refractivity contribution is 7.89. The zero-order valence-corrected chi connectivity index (χ0v) is 15.7. The van der Waals surface area contributed by atoms with Gasteiger partial charge in [-0.25, -0.2) is 13.1 Å². The molecule has 0 radical (unpaired) electrons. The Balaban J connectivity index is 1.58. The second-order valence-electron chi connectivity index (χ2n) is 6.96. The second-order valence-corrected chi connectivity index (χ2v) is 8.78. The van der Waals surface area contributed by atoms with Gasteiger partial charge in [0.2, 0.25) is 5.09 Å². The van der Waals surface area contributed by atoms with Crippen LogP contribution in [-0.4, -0.2) is 51.4 Å². The Morgan fingerprint density at radius 1 is 1.20 bits per heavy atom. The van der Waals surface area contributed by atoms with Crippen molar-refractivity contribution in [1.82, 2.24) is 14.9 Å². The van der Waals surface area contributed by atoms with Crippen LogP contribution in [0.3, 0.4) is 0 Å². The number of likely N-dealkylation sites (tertiary alicyclic amines) is 1. The lowest BCUT2D eigenvalue weighted by Gasteiger charge is -2.36. The number of nitrogens with one attached hydrogen (secondary N) is 2. The molecule has 1 aliphatic heterocycles. The number of aryl methyl sites for hydroxylation is 1. The molecule has 2 fully saturated rings. The summed E-state index contributed by atoms with van der Waals surface area (Å²) in [6.07, 6.45) is 7.13. The van der Waals surface area contributed by atoms with Gasteiger partial charge in [-0.15, -0.1) is 0 Å². The number of amides is 1. The molecule has 0 atom stereocenters. The number of hydrogen-bond donors (Lipinski definition) is 2. The van der Waals surface area contributed by atoms with E-state index in [4.69, 9.17) is 4.42 Å². The molecule has 3 rings (SSSR count). The van der Waals surface area contributed by atoms with Gasteiger partial charge in [0.05, 0.1) is 5.56 Å². The standard InChI is InChI=1S/C17H27N3O4S/c1-12-15(11-16(24-12)25(22,23)18-2)17(21)19-13-7-9-20(10-8-13)14-5-3-4-6-14/h11,13-14,18H,3-10H2,1-2H3,(H,19,21). The Bertz CT molecular complexity index is 714. The highest BCUT2D eigenvalue weighted by atomic mass is 32.2. The molecule has 1 aliphatic carbocycles. The maximum absolute atomic E-state index is 12.5. The number of piperidine rings is 1. The van der Waals surface area contributed by atoms with Crippen molar-refractivity contribution >= 4 is 15.9 Å². The van der Waals surface area contributed by atoms with E-state index in [2.05, 4.69) is 14.9 Å². The fourth-order valence-electron chi connectivity index (χ4n) is 3.85. The van der Waals surface area contributed by atoms with Crippen molar-refractivity contribution in [3.8, 4) is 0 Å². The van der Waals surface area contributed by atoms with Crippen molar-refractivity contribution in [2.75, 3.05) is 20.1 Å². The van der Waals surface area contributed by atoms with E-state index in [1.165, 1.54) is 38.8 Å². The number of rotatable bonds is 5. The third-order valence-electron chi connectivity index (χ3n) is 5.38. The Kier molecular flexibility index (Phi) is 5.50. The number of nitrogens with zero attached hydrogens (tertiary/aromatic N) is 1. The molecule has 140 valence electrons. The van der Waals surface area contributed by atoms with Crippen molar-refractivity contribution in [3.63, 3.8) is 0 Å². The summed E-state index contributed by atoms with van der Waals surface area (Å²) >= 11 is 0. The zero-order valence-electron chi connectivity index (χ0n) is 14.9. The maximum atomic E-state index is 12.5. The van der Waals surface area contributed by atoms with E-state index < -0.39 is 10.0 Å². The Labute approximate surface area is 149 Å². The SMILES string of the molecule is CNS(=O)(=O)c1cc(C(=O)NC2CCN(C3CCCC3)CC2)c(C)o1. The predicted molar refractivity (Wildman–Crippen MR) is 94.0 cm³/mol. The topological polar surface area (TPSA) is 91.6 Å². The molecule has 8 heteroatoms. The molecule has 2 aliphatic rings. The summed E-state index contributed by atoms with van der Waals surface area (Å²) < 4.78 is 31.0. The first-order valence-electron chi connectivity index (χ1n) is 8.99. The van der Waals surface area contributed by atoms with E-state index in [1.54, 1.807) is 6.92 Å². The quantitative estimate of drug-likeness (QED) is 0.823. The van der Waals surface area contributed by atoms with Crippen LogP contribution in [0.25, 0.3) is 0 Å². The summed E-state index contributed by atoms with van der Waals surface area (Å²) in [5, 5.41) is 2.80. The van der Waals surface area contributed by atoms with Crippen molar-refractivity contribution in [3.05, 3.63) is 17.4 Å².